The summed E-state index contributed by atoms with van der Waals surface area (Å²) in [4.78, 5) is 13.5. The maximum Gasteiger partial charge on any atom is 0.419 e. The van der Waals surface area contributed by atoms with Crippen molar-refractivity contribution < 1.29 is 31.8 Å². The molecule has 162 valence electrons. The normalized spacial score (nSPS) is 16.0. The largest absolute Gasteiger partial charge is 0.486 e. The molecule has 9 heteroatoms. The van der Waals surface area contributed by atoms with Crippen molar-refractivity contribution >= 4 is 17.3 Å². The molecule has 0 amide bonds. The lowest BCUT2D eigenvalue weighted by molar-refractivity contribution is -0.143. The third-order valence-corrected chi connectivity index (χ3v) is 4.73. The number of nitrogens with zero attached hydrogens (tertiary/aromatic N) is 1. The van der Waals surface area contributed by atoms with E-state index in [0.29, 0.717) is 35.7 Å². The molecule has 2 N–H and O–H groups in total. The van der Waals surface area contributed by atoms with E-state index in [4.69, 9.17) is 15.2 Å². The van der Waals surface area contributed by atoms with E-state index in [-0.39, 0.29) is 31.6 Å². The van der Waals surface area contributed by atoms with Gasteiger partial charge >= 0.3 is 12.1 Å². The third kappa shape index (κ3) is 5.14. The van der Waals surface area contributed by atoms with E-state index in [0.717, 1.165) is 12.1 Å². The second-order valence-corrected chi connectivity index (χ2v) is 7.00. The van der Waals surface area contributed by atoms with Crippen LogP contribution in [0.4, 0.5) is 28.9 Å². The van der Waals surface area contributed by atoms with Crippen LogP contribution in [0.1, 0.15) is 30.9 Å². The number of carbonyl (C=O) groups excluding carboxylic acids is 1. The third-order valence-electron chi connectivity index (χ3n) is 4.73. The van der Waals surface area contributed by atoms with Crippen molar-refractivity contribution in [2.24, 2.45) is 0 Å². The Labute approximate surface area is 171 Å². The van der Waals surface area contributed by atoms with E-state index in [2.05, 4.69) is 0 Å². The summed E-state index contributed by atoms with van der Waals surface area (Å²) in [6.45, 7) is 2.42. The van der Waals surface area contributed by atoms with Gasteiger partial charge in [0.1, 0.15) is 17.7 Å². The van der Waals surface area contributed by atoms with E-state index in [9.17, 15) is 22.4 Å². The van der Waals surface area contributed by atoms with Crippen molar-refractivity contribution in [3.63, 3.8) is 0 Å². The number of nitrogens with two attached hydrogens (primary N) is 1. The van der Waals surface area contributed by atoms with Gasteiger partial charge in [-0.1, -0.05) is 6.07 Å². The second-order valence-electron chi connectivity index (χ2n) is 7.00. The van der Waals surface area contributed by atoms with Gasteiger partial charge in [0.05, 0.1) is 24.4 Å². The van der Waals surface area contributed by atoms with Crippen molar-refractivity contribution in [1.82, 2.24) is 0 Å². The van der Waals surface area contributed by atoms with Gasteiger partial charge < -0.3 is 20.1 Å². The fraction of sp³-hybridized carbons (Fsp3) is 0.381. The van der Waals surface area contributed by atoms with Crippen molar-refractivity contribution in [2.45, 2.75) is 38.6 Å². The summed E-state index contributed by atoms with van der Waals surface area (Å²) in [5.74, 6) is -1.14. The molecule has 1 heterocycles. The standard InChI is InChI=1S/C21H22F4N2O3/c1-2-29-20(28)8-5-15-12-27(18-10-14(26)4-7-19(18)30-15)11-13-3-6-17(22)16(9-13)21(23,24)25/h3-4,6-7,9-10,15H,2,5,8,11-12,26H2,1H3/t15-/m0/s1. The summed E-state index contributed by atoms with van der Waals surface area (Å²) in [5.41, 5.74) is 5.95. The maximum atomic E-state index is 13.6. The lowest BCUT2D eigenvalue weighted by Gasteiger charge is -2.36. The number of esters is 1. The van der Waals surface area contributed by atoms with Crippen LogP contribution >= 0.6 is 0 Å². The Morgan fingerprint density at radius 2 is 2.03 bits per heavy atom. The van der Waals surface area contributed by atoms with Gasteiger partial charge in [-0.3, -0.25) is 4.79 Å². The smallest absolute Gasteiger partial charge is 0.419 e. The van der Waals surface area contributed by atoms with Crippen molar-refractivity contribution in [2.75, 3.05) is 23.8 Å². The van der Waals surface area contributed by atoms with E-state index in [1.807, 2.05) is 4.90 Å². The molecular formula is C21H22F4N2O3. The van der Waals surface area contributed by atoms with E-state index in [1.54, 1.807) is 25.1 Å². The van der Waals surface area contributed by atoms with Crippen LogP contribution in [0.2, 0.25) is 0 Å². The number of anilines is 2. The van der Waals surface area contributed by atoms with E-state index in [1.165, 1.54) is 6.07 Å². The van der Waals surface area contributed by atoms with Crippen LogP contribution in [0.5, 0.6) is 5.75 Å². The zero-order chi connectivity index (χ0) is 21.9. The number of alkyl halides is 3. The van der Waals surface area contributed by atoms with E-state index >= 15 is 0 Å². The molecule has 0 saturated heterocycles. The quantitative estimate of drug-likeness (QED) is 0.418. The molecule has 0 radical (unpaired) electrons. The topological polar surface area (TPSA) is 64.8 Å². The van der Waals surface area contributed by atoms with Crippen LogP contribution in [0.25, 0.3) is 0 Å². The molecule has 0 aliphatic carbocycles. The minimum atomic E-state index is -4.78. The van der Waals surface area contributed by atoms with Crippen LogP contribution in [-0.2, 0) is 22.3 Å². The van der Waals surface area contributed by atoms with Gasteiger partial charge in [-0.2, -0.15) is 13.2 Å². The summed E-state index contributed by atoms with van der Waals surface area (Å²) in [6, 6.07) is 7.95. The fourth-order valence-corrected chi connectivity index (χ4v) is 3.36. The molecule has 3 rings (SSSR count). The zero-order valence-electron chi connectivity index (χ0n) is 16.3. The molecule has 2 aromatic rings. The zero-order valence-corrected chi connectivity index (χ0v) is 16.3. The van der Waals surface area contributed by atoms with Gasteiger partial charge in [-0.25, -0.2) is 4.39 Å². The molecule has 0 aromatic heterocycles. The number of ether oxygens (including phenoxy) is 2. The Hall–Kier alpha value is -2.97. The maximum absolute atomic E-state index is 13.6. The summed E-state index contributed by atoms with van der Waals surface area (Å²) < 4.78 is 63.7. The monoisotopic (exact) mass is 426 g/mol. The van der Waals surface area contributed by atoms with Crippen LogP contribution in [0.3, 0.4) is 0 Å². The Bertz CT molecular complexity index is 918. The minimum Gasteiger partial charge on any atom is -0.486 e. The first kappa shape index (κ1) is 21.7. The molecule has 0 unspecified atom stereocenters. The molecule has 1 atom stereocenters. The highest BCUT2D eigenvalue weighted by atomic mass is 19.4. The molecule has 5 nitrogen and oxygen atoms in total. The SMILES string of the molecule is CCOC(=O)CC[C@H]1CN(Cc2ccc(F)c(C(F)(F)F)c2)c2cc(N)ccc2O1. The molecule has 0 spiro atoms. The first-order valence-electron chi connectivity index (χ1n) is 9.49. The fourth-order valence-electron chi connectivity index (χ4n) is 3.36. The van der Waals surface area contributed by atoms with Gasteiger partial charge in [0.2, 0.25) is 0 Å². The highest BCUT2D eigenvalue weighted by Gasteiger charge is 2.34. The second kappa shape index (κ2) is 8.81. The molecule has 2 aromatic carbocycles. The van der Waals surface area contributed by atoms with Crippen molar-refractivity contribution in [1.29, 1.82) is 0 Å². The van der Waals surface area contributed by atoms with E-state index < -0.39 is 17.6 Å². The van der Waals surface area contributed by atoms with Gasteiger partial charge in [-0.15, -0.1) is 0 Å². The van der Waals surface area contributed by atoms with Crippen molar-refractivity contribution in [3.8, 4) is 5.75 Å². The number of fused-ring (bicyclic) bond motifs is 1. The molecule has 0 fully saturated rings. The molecular weight excluding hydrogens is 404 g/mol. The van der Waals surface area contributed by atoms with Crippen LogP contribution in [0, 0.1) is 5.82 Å². The Balaban J connectivity index is 1.83. The average Bonchev–Trinajstić information content (AvgIpc) is 2.67. The molecule has 1 aliphatic rings. The number of nitrogen functional groups attached to an aromatic ring is 1. The first-order valence-corrected chi connectivity index (χ1v) is 9.49. The lowest BCUT2D eigenvalue weighted by Crippen LogP contribution is -2.40. The number of carbonyl (C=O) groups is 1. The number of benzene rings is 2. The number of hydrogen-bond donors (Lipinski definition) is 1. The number of hydrogen-bond acceptors (Lipinski definition) is 5. The summed E-state index contributed by atoms with van der Waals surface area (Å²) in [7, 11) is 0. The highest BCUT2D eigenvalue weighted by Crippen LogP contribution is 2.38. The predicted molar refractivity (Wildman–Crippen MR) is 104 cm³/mol. The molecule has 0 bridgehead atoms. The molecule has 1 aliphatic heterocycles. The van der Waals surface area contributed by atoms with Crippen LogP contribution in [0.15, 0.2) is 36.4 Å². The summed E-state index contributed by atoms with van der Waals surface area (Å²) in [6.07, 6.45) is -4.61. The van der Waals surface area contributed by atoms with Gasteiger partial charge in [0.15, 0.2) is 0 Å². The van der Waals surface area contributed by atoms with Gasteiger partial charge in [-0.05, 0) is 49.2 Å². The van der Waals surface area contributed by atoms with Crippen LogP contribution in [-0.4, -0.2) is 25.2 Å². The summed E-state index contributed by atoms with van der Waals surface area (Å²) >= 11 is 0. The predicted octanol–water partition coefficient (Wildman–Crippen LogP) is 4.54. The molecule has 30 heavy (non-hydrogen) atoms. The highest BCUT2D eigenvalue weighted by molar-refractivity contribution is 5.69. The number of rotatable bonds is 6. The first-order chi connectivity index (χ1) is 14.2. The number of halogens is 4. The minimum absolute atomic E-state index is 0.0963. The summed E-state index contributed by atoms with van der Waals surface area (Å²) in [5, 5.41) is 0. The van der Waals surface area contributed by atoms with Crippen LogP contribution < -0.4 is 15.4 Å². The van der Waals surface area contributed by atoms with Crippen molar-refractivity contribution in [3.05, 3.63) is 53.3 Å². The lowest BCUT2D eigenvalue weighted by atomic mass is 10.1. The Kier molecular flexibility index (Phi) is 6.38. The average molecular weight is 426 g/mol. The van der Waals surface area contributed by atoms with Gasteiger partial charge in [0, 0.05) is 18.7 Å². The molecule has 0 saturated carbocycles. The Morgan fingerprint density at radius 3 is 2.73 bits per heavy atom. The Morgan fingerprint density at radius 1 is 1.27 bits per heavy atom. The van der Waals surface area contributed by atoms with Gasteiger partial charge in [0.25, 0.3) is 0 Å².